The first-order valence-electron chi connectivity index (χ1n) is 7.71. The Morgan fingerprint density at radius 1 is 1.24 bits per heavy atom. The molecule has 1 spiro atoms. The monoisotopic (exact) mass is 287 g/mol. The number of furan rings is 1. The van der Waals surface area contributed by atoms with E-state index in [4.69, 9.17) is 19.6 Å². The van der Waals surface area contributed by atoms with Crippen molar-refractivity contribution in [1.29, 1.82) is 0 Å². The van der Waals surface area contributed by atoms with Crippen LogP contribution in [0.4, 0.5) is 0 Å². The van der Waals surface area contributed by atoms with Gasteiger partial charge in [-0.3, -0.25) is 0 Å². The molecule has 0 bridgehead atoms. The predicted molar refractivity (Wildman–Crippen MR) is 80.0 cm³/mol. The van der Waals surface area contributed by atoms with Crippen LogP contribution in [-0.2, 0) is 9.47 Å². The summed E-state index contributed by atoms with van der Waals surface area (Å²) in [5.41, 5.74) is 8.51. The fourth-order valence-corrected chi connectivity index (χ4v) is 3.75. The highest BCUT2D eigenvalue weighted by Gasteiger charge is 2.42. The second-order valence-corrected chi connectivity index (χ2v) is 6.30. The maximum Gasteiger partial charge on any atom is 0.134 e. The lowest BCUT2D eigenvalue weighted by molar-refractivity contribution is -0.101. The summed E-state index contributed by atoms with van der Waals surface area (Å²) in [6.45, 7) is 2.29. The van der Waals surface area contributed by atoms with E-state index in [1.54, 1.807) is 0 Å². The molecule has 1 aromatic carbocycles. The predicted octanol–water partition coefficient (Wildman–Crippen LogP) is 3.02. The Kier molecular flexibility index (Phi) is 3.25. The van der Waals surface area contributed by atoms with Crippen LogP contribution in [0.2, 0.25) is 0 Å². The second-order valence-electron chi connectivity index (χ2n) is 6.30. The van der Waals surface area contributed by atoms with E-state index in [9.17, 15) is 0 Å². The molecule has 4 rings (SSSR count). The molecule has 2 aliphatic rings. The number of rotatable bonds is 2. The van der Waals surface area contributed by atoms with Crippen molar-refractivity contribution in [3.05, 3.63) is 36.1 Å². The molecule has 0 amide bonds. The van der Waals surface area contributed by atoms with Crippen molar-refractivity contribution in [3.8, 4) is 0 Å². The van der Waals surface area contributed by atoms with Crippen LogP contribution < -0.4 is 5.73 Å². The van der Waals surface area contributed by atoms with Crippen LogP contribution in [0.25, 0.3) is 11.0 Å². The molecule has 21 heavy (non-hydrogen) atoms. The van der Waals surface area contributed by atoms with Gasteiger partial charge in [-0.25, -0.2) is 0 Å². The molecule has 0 saturated carbocycles. The summed E-state index contributed by atoms with van der Waals surface area (Å²) < 4.78 is 17.2. The summed E-state index contributed by atoms with van der Waals surface area (Å²) in [5.74, 6) is 0.418. The lowest BCUT2D eigenvalue weighted by Crippen LogP contribution is -2.43. The van der Waals surface area contributed by atoms with Gasteiger partial charge < -0.3 is 19.6 Å². The number of ether oxygens (including phenoxy) is 2. The fraction of sp³-hybridized carbons (Fsp3) is 0.529. The molecule has 2 aliphatic heterocycles. The number of nitrogens with two attached hydrogens (primary N) is 1. The van der Waals surface area contributed by atoms with Gasteiger partial charge in [0, 0.05) is 36.6 Å². The van der Waals surface area contributed by atoms with Gasteiger partial charge in [0.15, 0.2) is 0 Å². The standard InChI is InChI=1S/C17H21NO3/c18-16(14-10-20-15-4-2-1-3-13(14)15)12-5-7-21-17(9-12)6-8-19-11-17/h1-4,10,12,16H,5-9,11,18H2. The molecular weight excluding hydrogens is 266 g/mol. The van der Waals surface area contributed by atoms with Crippen LogP contribution in [0.3, 0.4) is 0 Å². The molecule has 2 aromatic rings. The molecule has 1 aromatic heterocycles. The Hall–Kier alpha value is -1.36. The zero-order chi connectivity index (χ0) is 14.3. The molecule has 112 valence electrons. The van der Waals surface area contributed by atoms with Gasteiger partial charge in [0.25, 0.3) is 0 Å². The Morgan fingerprint density at radius 2 is 2.14 bits per heavy atom. The first-order chi connectivity index (χ1) is 10.3. The molecule has 0 radical (unpaired) electrons. The lowest BCUT2D eigenvalue weighted by Gasteiger charge is -2.39. The molecule has 4 heteroatoms. The van der Waals surface area contributed by atoms with Crippen LogP contribution in [-0.4, -0.2) is 25.4 Å². The quantitative estimate of drug-likeness (QED) is 0.922. The SMILES string of the molecule is NC(c1coc2ccccc12)C1CCOC2(CCOC2)C1. The lowest BCUT2D eigenvalue weighted by atomic mass is 9.79. The van der Waals surface area contributed by atoms with Gasteiger partial charge in [0.1, 0.15) is 5.58 Å². The van der Waals surface area contributed by atoms with Gasteiger partial charge in [-0.2, -0.15) is 0 Å². The van der Waals surface area contributed by atoms with Crippen molar-refractivity contribution in [3.63, 3.8) is 0 Å². The Balaban J connectivity index is 1.60. The van der Waals surface area contributed by atoms with Crippen molar-refractivity contribution in [2.24, 2.45) is 11.7 Å². The van der Waals surface area contributed by atoms with Crippen LogP contribution >= 0.6 is 0 Å². The average molecular weight is 287 g/mol. The zero-order valence-electron chi connectivity index (χ0n) is 12.1. The van der Waals surface area contributed by atoms with E-state index >= 15 is 0 Å². The average Bonchev–Trinajstić information content (AvgIpc) is 3.14. The van der Waals surface area contributed by atoms with Gasteiger partial charge in [0.2, 0.25) is 0 Å². The first kappa shape index (κ1) is 13.3. The molecule has 3 heterocycles. The number of para-hydroxylation sites is 1. The van der Waals surface area contributed by atoms with Gasteiger partial charge in [-0.1, -0.05) is 18.2 Å². The summed E-state index contributed by atoms with van der Waals surface area (Å²) in [5, 5.41) is 1.13. The minimum absolute atomic E-state index is 0.00461. The largest absolute Gasteiger partial charge is 0.464 e. The third-order valence-electron chi connectivity index (χ3n) is 4.98. The Morgan fingerprint density at radius 3 is 3.00 bits per heavy atom. The molecule has 3 atom stereocenters. The van der Waals surface area contributed by atoms with Crippen LogP contribution in [0, 0.1) is 5.92 Å². The second kappa shape index (κ2) is 5.13. The van der Waals surface area contributed by atoms with Crippen molar-refractivity contribution in [2.75, 3.05) is 19.8 Å². The van der Waals surface area contributed by atoms with Crippen LogP contribution in [0.15, 0.2) is 34.9 Å². The van der Waals surface area contributed by atoms with Crippen molar-refractivity contribution in [1.82, 2.24) is 0 Å². The van der Waals surface area contributed by atoms with E-state index in [0.29, 0.717) is 12.5 Å². The van der Waals surface area contributed by atoms with E-state index in [0.717, 1.165) is 49.0 Å². The summed E-state index contributed by atoms with van der Waals surface area (Å²) in [4.78, 5) is 0. The molecule has 2 saturated heterocycles. The maximum absolute atomic E-state index is 6.57. The number of hydrogen-bond acceptors (Lipinski definition) is 4. The van der Waals surface area contributed by atoms with Gasteiger partial charge in [-0.05, 0) is 24.8 Å². The molecular formula is C17H21NO3. The number of fused-ring (bicyclic) bond motifs is 1. The Bertz CT molecular complexity index is 630. The fourth-order valence-electron chi connectivity index (χ4n) is 3.75. The minimum atomic E-state index is -0.0971. The Labute approximate surface area is 124 Å². The van der Waals surface area contributed by atoms with Crippen molar-refractivity contribution in [2.45, 2.75) is 30.9 Å². The normalized spacial score (nSPS) is 31.0. The van der Waals surface area contributed by atoms with Gasteiger partial charge in [0.05, 0.1) is 18.5 Å². The van der Waals surface area contributed by atoms with Gasteiger partial charge in [-0.15, -0.1) is 0 Å². The van der Waals surface area contributed by atoms with E-state index < -0.39 is 0 Å². The summed E-state index contributed by atoms with van der Waals surface area (Å²) in [6.07, 6.45) is 4.79. The third-order valence-corrected chi connectivity index (χ3v) is 4.98. The van der Waals surface area contributed by atoms with Crippen molar-refractivity contribution < 1.29 is 13.9 Å². The molecule has 2 fully saturated rings. The molecule has 0 aliphatic carbocycles. The summed E-state index contributed by atoms with van der Waals surface area (Å²) in [6, 6.07) is 8.09. The van der Waals surface area contributed by atoms with E-state index in [1.807, 2.05) is 24.5 Å². The van der Waals surface area contributed by atoms with Crippen molar-refractivity contribution >= 4 is 11.0 Å². The molecule has 3 unspecified atom stereocenters. The van der Waals surface area contributed by atoms with Crippen LogP contribution in [0.1, 0.15) is 30.9 Å². The molecule has 2 N–H and O–H groups in total. The zero-order valence-corrected chi connectivity index (χ0v) is 12.1. The van der Waals surface area contributed by atoms with Crippen LogP contribution in [0.5, 0.6) is 0 Å². The van der Waals surface area contributed by atoms with Gasteiger partial charge >= 0.3 is 0 Å². The first-order valence-corrected chi connectivity index (χ1v) is 7.71. The third kappa shape index (κ3) is 2.27. The molecule has 4 nitrogen and oxygen atoms in total. The van der Waals surface area contributed by atoms with E-state index in [1.165, 1.54) is 0 Å². The number of hydrogen-bond donors (Lipinski definition) is 1. The minimum Gasteiger partial charge on any atom is -0.464 e. The maximum atomic E-state index is 6.57. The number of benzene rings is 1. The highest BCUT2D eigenvalue weighted by Crippen LogP contribution is 2.41. The summed E-state index contributed by atoms with van der Waals surface area (Å²) >= 11 is 0. The van der Waals surface area contributed by atoms with E-state index in [-0.39, 0.29) is 11.6 Å². The van der Waals surface area contributed by atoms with E-state index in [2.05, 4.69) is 6.07 Å². The topological polar surface area (TPSA) is 57.6 Å². The highest BCUT2D eigenvalue weighted by atomic mass is 16.6. The summed E-state index contributed by atoms with van der Waals surface area (Å²) in [7, 11) is 0. The highest BCUT2D eigenvalue weighted by molar-refractivity contribution is 5.81. The smallest absolute Gasteiger partial charge is 0.134 e.